The Morgan fingerprint density at radius 3 is 2.91 bits per heavy atom. The van der Waals surface area contributed by atoms with Crippen LogP contribution in [-0.4, -0.2) is 33.4 Å². The Kier molecular flexibility index (Phi) is 3.84. The van der Waals surface area contributed by atoms with Crippen LogP contribution in [-0.2, 0) is 0 Å². The van der Waals surface area contributed by atoms with Crippen LogP contribution in [0.2, 0.25) is 0 Å². The molecule has 5 nitrogen and oxygen atoms in total. The van der Waals surface area contributed by atoms with Crippen LogP contribution in [0.4, 0.5) is 0 Å². The number of H-pyrrole nitrogens is 1. The number of aromatic amines is 1. The van der Waals surface area contributed by atoms with Crippen molar-refractivity contribution in [2.45, 2.75) is 0 Å². The Bertz CT molecular complexity index is 839. The minimum absolute atomic E-state index is 0.227. The van der Waals surface area contributed by atoms with Crippen LogP contribution in [0.25, 0.3) is 22.0 Å². The lowest BCUT2D eigenvalue weighted by atomic mass is 10.0. The van der Waals surface area contributed by atoms with Crippen molar-refractivity contribution < 1.29 is 0 Å². The number of nitrogens with zero attached hydrogens (tertiary/aromatic N) is 3. The largest absolute Gasteiger partial charge is 0.375 e. The zero-order chi connectivity index (χ0) is 15.5. The van der Waals surface area contributed by atoms with Gasteiger partial charge in [-0.05, 0) is 35.1 Å². The van der Waals surface area contributed by atoms with Crippen molar-refractivity contribution in [3.63, 3.8) is 0 Å². The highest BCUT2D eigenvalue weighted by Gasteiger charge is 2.06. The number of fused-ring (bicyclic) bond motifs is 1. The molecule has 0 saturated carbocycles. The molecule has 0 aliphatic heterocycles. The molecule has 3 rings (SSSR count). The first kappa shape index (κ1) is 14.2. The van der Waals surface area contributed by atoms with Crippen LogP contribution < -0.4 is 5.73 Å². The van der Waals surface area contributed by atoms with Gasteiger partial charge in [0.2, 0.25) is 0 Å². The van der Waals surface area contributed by atoms with E-state index in [-0.39, 0.29) is 5.11 Å². The topological polar surface area (TPSA) is 70.3 Å². The third-order valence-corrected chi connectivity index (χ3v) is 3.66. The summed E-state index contributed by atoms with van der Waals surface area (Å²) in [7, 11) is 1.72. The van der Waals surface area contributed by atoms with E-state index in [0.717, 1.165) is 27.6 Å². The van der Waals surface area contributed by atoms with Crippen LogP contribution in [0.15, 0.2) is 54.0 Å². The smallest absolute Gasteiger partial charge is 0.186 e. The normalized spacial score (nSPS) is 11.1. The fourth-order valence-electron chi connectivity index (χ4n) is 2.22. The first-order chi connectivity index (χ1) is 10.6. The van der Waals surface area contributed by atoms with Crippen molar-refractivity contribution in [1.82, 2.24) is 15.0 Å². The molecular weight excluding hydrogens is 294 g/mol. The van der Waals surface area contributed by atoms with Crippen molar-refractivity contribution in [3.8, 4) is 11.3 Å². The average Bonchev–Trinajstić information content (AvgIpc) is 3.06. The number of aromatic nitrogens is 2. The summed E-state index contributed by atoms with van der Waals surface area (Å²) in [4.78, 5) is 7.20. The summed E-state index contributed by atoms with van der Waals surface area (Å²) in [5.41, 5.74) is 8.55. The molecule has 0 saturated heterocycles. The molecule has 22 heavy (non-hydrogen) atoms. The lowest BCUT2D eigenvalue weighted by Crippen LogP contribution is -2.27. The van der Waals surface area contributed by atoms with Crippen molar-refractivity contribution >= 4 is 34.3 Å². The molecule has 1 heterocycles. The quantitative estimate of drug-likeness (QED) is 0.443. The highest BCUT2D eigenvalue weighted by molar-refractivity contribution is 7.80. The maximum Gasteiger partial charge on any atom is 0.186 e. The van der Waals surface area contributed by atoms with Gasteiger partial charge in [0.1, 0.15) is 0 Å². The van der Waals surface area contributed by atoms with Gasteiger partial charge in [0.05, 0.1) is 24.4 Å². The minimum atomic E-state index is 0.227. The second kappa shape index (κ2) is 5.95. The number of imidazole rings is 1. The third-order valence-electron chi connectivity index (χ3n) is 3.39. The summed E-state index contributed by atoms with van der Waals surface area (Å²) < 4.78 is 0. The van der Waals surface area contributed by atoms with E-state index in [9.17, 15) is 0 Å². The predicted octanol–water partition coefficient (Wildman–Crippen LogP) is 2.74. The molecule has 0 amide bonds. The van der Waals surface area contributed by atoms with Gasteiger partial charge in [0, 0.05) is 18.2 Å². The number of nitrogens with one attached hydrogen (secondary N) is 1. The summed E-state index contributed by atoms with van der Waals surface area (Å²) >= 11 is 4.90. The Morgan fingerprint density at radius 2 is 2.18 bits per heavy atom. The molecule has 3 N–H and O–H groups in total. The van der Waals surface area contributed by atoms with E-state index in [1.165, 1.54) is 5.01 Å². The lowest BCUT2D eigenvalue weighted by molar-refractivity contribution is 0.552. The van der Waals surface area contributed by atoms with Crippen molar-refractivity contribution in [1.29, 1.82) is 0 Å². The van der Waals surface area contributed by atoms with E-state index in [4.69, 9.17) is 18.0 Å². The number of hydrazone groups is 1. The van der Waals surface area contributed by atoms with E-state index in [1.54, 1.807) is 25.8 Å². The SMILES string of the molecule is CN(N=Cc1cc(-c2cnc[nH]2)cc2ccccc12)C(N)=S. The summed E-state index contributed by atoms with van der Waals surface area (Å²) in [5.74, 6) is 0. The Hall–Kier alpha value is -2.73. The molecular formula is C16H15N5S. The molecule has 3 aromatic rings. The summed E-state index contributed by atoms with van der Waals surface area (Å²) in [6.07, 6.45) is 5.23. The maximum atomic E-state index is 5.55. The number of hydrogen-bond acceptors (Lipinski definition) is 3. The molecule has 0 spiro atoms. The van der Waals surface area contributed by atoms with Crippen LogP contribution >= 0.6 is 12.2 Å². The summed E-state index contributed by atoms with van der Waals surface area (Å²) in [6.45, 7) is 0. The molecule has 0 atom stereocenters. The van der Waals surface area contributed by atoms with Gasteiger partial charge in [-0.1, -0.05) is 24.3 Å². The van der Waals surface area contributed by atoms with E-state index < -0.39 is 0 Å². The molecule has 0 aliphatic rings. The van der Waals surface area contributed by atoms with Gasteiger partial charge in [-0.15, -0.1) is 0 Å². The Labute approximate surface area is 133 Å². The predicted molar refractivity (Wildman–Crippen MR) is 93.7 cm³/mol. The van der Waals surface area contributed by atoms with E-state index in [1.807, 2.05) is 12.1 Å². The van der Waals surface area contributed by atoms with E-state index >= 15 is 0 Å². The van der Waals surface area contributed by atoms with E-state index in [2.05, 4.69) is 39.3 Å². The first-order valence-electron chi connectivity index (χ1n) is 6.74. The molecule has 0 fully saturated rings. The number of rotatable bonds is 3. The van der Waals surface area contributed by atoms with Gasteiger partial charge in [0.15, 0.2) is 5.11 Å². The fourth-order valence-corrected chi connectivity index (χ4v) is 2.27. The molecule has 6 heteroatoms. The lowest BCUT2D eigenvalue weighted by Gasteiger charge is -2.10. The van der Waals surface area contributed by atoms with Crippen molar-refractivity contribution in [3.05, 3.63) is 54.5 Å². The number of benzene rings is 2. The van der Waals surface area contributed by atoms with Gasteiger partial charge < -0.3 is 10.7 Å². The second-order valence-corrected chi connectivity index (χ2v) is 5.28. The molecule has 1 aromatic heterocycles. The van der Waals surface area contributed by atoms with Crippen LogP contribution in [0.5, 0.6) is 0 Å². The Balaban J connectivity index is 2.12. The monoisotopic (exact) mass is 309 g/mol. The third kappa shape index (κ3) is 2.82. The zero-order valence-electron chi connectivity index (χ0n) is 12.0. The van der Waals surface area contributed by atoms with Gasteiger partial charge in [-0.25, -0.2) is 9.99 Å². The highest BCUT2D eigenvalue weighted by Crippen LogP contribution is 2.25. The number of thiocarbonyl (C=S) groups is 1. The molecule has 110 valence electrons. The van der Waals surface area contributed by atoms with Crippen LogP contribution in [0.3, 0.4) is 0 Å². The maximum absolute atomic E-state index is 5.55. The minimum Gasteiger partial charge on any atom is -0.375 e. The number of hydrogen-bond donors (Lipinski definition) is 2. The van der Waals surface area contributed by atoms with Gasteiger partial charge >= 0.3 is 0 Å². The standard InChI is InChI=1S/C16H15N5S/c1-21(16(17)22)20-8-13-7-12(15-9-18-10-19-15)6-11-4-2-3-5-14(11)13/h2-10H,1H3,(H2,17,22)(H,18,19). The highest BCUT2D eigenvalue weighted by atomic mass is 32.1. The Morgan fingerprint density at radius 1 is 1.36 bits per heavy atom. The molecule has 0 bridgehead atoms. The van der Waals surface area contributed by atoms with Gasteiger partial charge in [-0.3, -0.25) is 0 Å². The molecule has 0 aliphatic carbocycles. The second-order valence-electron chi connectivity index (χ2n) is 4.86. The van der Waals surface area contributed by atoms with Gasteiger partial charge in [-0.2, -0.15) is 5.10 Å². The molecule has 0 unspecified atom stereocenters. The van der Waals surface area contributed by atoms with Crippen molar-refractivity contribution in [2.24, 2.45) is 10.8 Å². The van der Waals surface area contributed by atoms with E-state index in [0.29, 0.717) is 0 Å². The summed E-state index contributed by atoms with van der Waals surface area (Å²) in [5, 5.41) is 8.23. The first-order valence-corrected chi connectivity index (χ1v) is 7.14. The average molecular weight is 309 g/mol. The zero-order valence-corrected chi connectivity index (χ0v) is 12.8. The van der Waals surface area contributed by atoms with Crippen molar-refractivity contribution in [2.75, 3.05) is 7.05 Å². The van der Waals surface area contributed by atoms with Gasteiger partial charge in [0.25, 0.3) is 0 Å². The summed E-state index contributed by atoms with van der Waals surface area (Å²) in [6, 6.07) is 12.3. The molecule has 0 radical (unpaired) electrons. The van der Waals surface area contributed by atoms with Crippen LogP contribution in [0, 0.1) is 0 Å². The fraction of sp³-hybridized carbons (Fsp3) is 0.0625. The molecule has 2 aromatic carbocycles. The number of nitrogens with two attached hydrogens (primary N) is 1. The van der Waals surface area contributed by atoms with Crippen LogP contribution in [0.1, 0.15) is 5.56 Å².